The van der Waals surface area contributed by atoms with Gasteiger partial charge in [0.2, 0.25) is 5.91 Å². The monoisotopic (exact) mass is 396 g/mol. The van der Waals surface area contributed by atoms with Crippen molar-refractivity contribution in [1.82, 2.24) is 10.2 Å². The second-order valence-electron chi connectivity index (χ2n) is 6.16. The first kappa shape index (κ1) is 20.1. The SMILES string of the molecule is COc1ccc(CC(=O)Nc2ccc(NCc3ccccc3F)nn2)cc1OC. The summed E-state index contributed by atoms with van der Waals surface area (Å²) < 4.78 is 24.1. The Morgan fingerprint density at radius 2 is 1.69 bits per heavy atom. The summed E-state index contributed by atoms with van der Waals surface area (Å²) >= 11 is 0. The van der Waals surface area contributed by atoms with Crippen LogP contribution in [-0.2, 0) is 17.8 Å². The van der Waals surface area contributed by atoms with Gasteiger partial charge in [-0.2, -0.15) is 0 Å². The molecule has 2 N–H and O–H groups in total. The second kappa shape index (κ2) is 9.50. The van der Waals surface area contributed by atoms with Gasteiger partial charge in [-0.15, -0.1) is 10.2 Å². The van der Waals surface area contributed by atoms with Crippen molar-refractivity contribution < 1.29 is 18.7 Å². The average Bonchev–Trinajstić information content (AvgIpc) is 2.74. The van der Waals surface area contributed by atoms with Gasteiger partial charge in [-0.1, -0.05) is 24.3 Å². The maximum atomic E-state index is 13.6. The third-order valence-corrected chi connectivity index (χ3v) is 4.16. The standard InChI is InChI=1S/C21H21FN4O3/c1-28-17-8-7-14(11-18(17)29-2)12-21(27)24-20-10-9-19(25-26-20)23-13-15-5-3-4-6-16(15)22/h3-11H,12-13H2,1-2H3,(H,23,25)(H,24,26,27). The van der Waals surface area contributed by atoms with Gasteiger partial charge in [0.15, 0.2) is 17.3 Å². The third-order valence-electron chi connectivity index (χ3n) is 4.16. The summed E-state index contributed by atoms with van der Waals surface area (Å²) in [6.07, 6.45) is 0.148. The van der Waals surface area contributed by atoms with Crippen LogP contribution in [-0.4, -0.2) is 30.3 Å². The predicted molar refractivity (Wildman–Crippen MR) is 108 cm³/mol. The minimum Gasteiger partial charge on any atom is -0.493 e. The molecule has 8 heteroatoms. The number of aromatic nitrogens is 2. The molecule has 0 aliphatic heterocycles. The number of hydrogen-bond donors (Lipinski definition) is 2. The van der Waals surface area contributed by atoms with Crippen LogP contribution in [0.4, 0.5) is 16.0 Å². The lowest BCUT2D eigenvalue weighted by Crippen LogP contribution is -2.16. The van der Waals surface area contributed by atoms with Gasteiger partial charge in [-0.05, 0) is 35.9 Å². The highest BCUT2D eigenvalue weighted by Crippen LogP contribution is 2.27. The molecule has 1 heterocycles. The molecule has 0 unspecified atom stereocenters. The minimum atomic E-state index is -0.285. The van der Waals surface area contributed by atoms with Crippen LogP contribution in [0.5, 0.6) is 11.5 Å². The molecule has 1 amide bonds. The molecular formula is C21H21FN4O3. The van der Waals surface area contributed by atoms with Gasteiger partial charge in [0.1, 0.15) is 11.6 Å². The van der Waals surface area contributed by atoms with Gasteiger partial charge in [-0.25, -0.2) is 4.39 Å². The molecule has 0 bridgehead atoms. The van der Waals surface area contributed by atoms with Crippen LogP contribution in [0.25, 0.3) is 0 Å². The summed E-state index contributed by atoms with van der Waals surface area (Å²) in [6, 6.07) is 15.1. The lowest BCUT2D eigenvalue weighted by Gasteiger charge is -2.10. The maximum absolute atomic E-state index is 13.6. The fourth-order valence-corrected chi connectivity index (χ4v) is 2.68. The summed E-state index contributed by atoms with van der Waals surface area (Å²) in [6.45, 7) is 0.284. The van der Waals surface area contributed by atoms with E-state index >= 15 is 0 Å². The first-order valence-corrected chi connectivity index (χ1v) is 8.91. The minimum absolute atomic E-state index is 0.148. The Kier molecular flexibility index (Phi) is 6.57. The number of rotatable bonds is 8. The van der Waals surface area contributed by atoms with Crippen LogP contribution in [0.15, 0.2) is 54.6 Å². The second-order valence-corrected chi connectivity index (χ2v) is 6.16. The van der Waals surface area contributed by atoms with Crippen LogP contribution in [0.3, 0.4) is 0 Å². The summed E-state index contributed by atoms with van der Waals surface area (Å²) in [4.78, 5) is 12.3. The molecule has 3 rings (SSSR count). The normalized spacial score (nSPS) is 10.3. The summed E-state index contributed by atoms with van der Waals surface area (Å²) in [5.41, 5.74) is 1.30. The maximum Gasteiger partial charge on any atom is 0.229 e. The van der Waals surface area contributed by atoms with E-state index < -0.39 is 0 Å². The van der Waals surface area contributed by atoms with Gasteiger partial charge in [0.25, 0.3) is 0 Å². The van der Waals surface area contributed by atoms with Crippen molar-refractivity contribution in [3.05, 3.63) is 71.5 Å². The van der Waals surface area contributed by atoms with Gasteiger partial charge < -0.3 is 20.1 Å². The highest BCUT2D eigenvalue weighted by atomic mass is 19.1. The van der Waals surface area contributed by atoms with Crippen molar-refractivity contribution >= 4 is 17.5 Å². The molecule has 0 atom stereocenters. The quantitative estimate of drug-likeness (QED) is 0.607. The molecule has 0 aliphatic carbocycles. The molecule has 7 nitrogen and oxygen atoms in total. The first-order chi connectivity index (χ1) is 14.1. The number of nitrogens with zero attached hydrogens (tertiary/aromatic N) is 2. The molecule has 150 valence electrons. The smallest absolute Gasteiger partial charge is 0.229 e. The van der Waals surface area contributed by atoms with Crippen LogP contribution in [0.2, 0.25) is 0 Å². The van der Waals surface area contributed by atoms with Crippen molar-refractivity contribution in [2.45, 2.75) is 13.0 Å². The molecule has 0 radical (unpaired) electrons. The largest absolute Gasteiger partial charge is 0.493 e. The van der Waals surface area contributed by atoms with Crippen LogP contribution in [0, 0.1) is 5.82 Å². The number of halogens is 1. The number of carbonyl (C=O) groups is 1. The van der Waals surface area contributed by atoms with Crippen molar-refractivity contribution in [1.29, 1.82) is 0 Å². The fraction of sp³-hybridized carbons (Fsp3) is 0.190. The zero-order valence-corrected chi connectivity index (χ0v) is 16.1. The predicted octanol–water partition coefficient (Wildman–Crippen LogP) is 3.43. The van der Waals surface area contributed by atoms with Crippen molar-refractivity contribution in [2.24, 2.45) is 0 Å². The highest BCUT2D eigenvalue weighted by molar-refractivity contribution is 5.91. The van der Waals surface area contributed by atoms with Crippen molar-refractivity contribution in [2.75, 3.05) is 24.9 Å². The van der Waals surface area contributed by atoms with E-state index in [9.17, 15) is 9.18 Å². The number of ether oxygens (including phenoxy) is 2. The number of nitrogens with one attached hydrogen (secondary N) is 2. The Bertz CT molecular complexity index is 980. The molecule has 3 aromatic rings. The van der Waals surface area contributed by atoms with Crippen LogP contribution < -0.4 is 20.1 Å². The molecule has 29 heavy (non-hydrogen) atoms. The lowest BCUT2D eigenvalue weighted by molar-refractivity contribution is -0.115. The number of methoxy groups -OCH3 is 2. The van der Waals surface area contributed by atoms with Gasteiger partial charge in [0, 0.05) is 12.1 Å². The molecule has 0 fully saturated rings. The zero-order chi connectivity index (χ0) is 20.6. The Hall–Kier alpha value is -3.68. The van der Waals surface area contributed by atoms with E-state index in [-0.39, 0.29) is 24.7 Å². The van der Waals surface area contributed by atoms with Gasteiger partial charge >= 0.3 is 0 Å². The third kappa shape index (κ3) is 5.41. The fourth-order valence-electron chi connectivity index (χ4n) is 2.68. The van der Waals surface area contributed by atoms with E-state index in [4.69, 9.17) is 9.47 Å². The van der Waals surface area contributed by atoms with Crippen LogP contribution >= 0.6 is 0 Å². The first-order valence-electron chi connectivity index (χ1n) is 8.91. The zero-order valence-electron chi connectivity index (χ0n) is 16.1. The Morgan fingerprint density at radius 3 is 2.38 bits per heavy atom. The summed E-state index contributed by atoms with van der Waals surface area (Å²) in [7, 11) is 3.09. The molecule has 0 aliphatic rings. The van der Waals surface area contributed by atoms with Crippen molar-refractivity contribution in [3.8, 4) is 11.5 Å². The summed E-state index contributed by atoms with van der Waals surface area (Å²) in [5, 5.41) is 13.7. The number of benzene rings is 2. The Labute approximate surface area is 167 Å². The average molecular weight is 396 g/mol. The summed E-state index contributed by atoms with van der Waals surface area (Å²) in [5.74, 6) is 1.44. The molecule has 0 saturated carbocycles. The lowest BCUT2D eigenvalue weighted by atomic mass is 10.1. The van der Waals surface area contributed by atoms with Crippen LogP contribution in [0.1, 0.15) is 11.1 Å². The molecule has 0 saturated heterocycles. The van der Waals surface area contributed by atoms with E-state index in [0.29, 0.717) is 28.7 Å². The Balaban J connectivity index is 1.55. The number of amides is 1. The number of anilines is 2. The van der Waals surface area contributed by atoms with E-state index in [2.05, 4.69) is 20.8 Å². The van der Waals surface area contributed by atoms with E-state index in [1.165, 1.54) is 6.07 Å². The molecule has 2 aromatic carbocycles. The molecular weight excluding hydrogens is 375 g/mol. The Morgan fingerprint density at radius 1 is 0.966 bits per heavy atom. The van der Waals surface area contributed by atoms with E-state index in [1.807, 2.05) is 0 Å². The highest BCUT2D eigenvalue weighted by Gasteiger charge is 2.10. The van der Waals surface area contributed by atoms with Gasteiger partial charge in [-0.3, -0.25) is 4.79 Å². The van der Waals surface area contributed by atoms with Crippen molar-refractivity contribution in [3.63, 3.8) is 0 Å². The number of hydrogen-bond acceptors (Lipinski definition) is 6. The van der Waals surface area contributed by atoms with Gasteiger partial charge in [0.05, 0.1) is 20.6 Å². The van der Waals surface area contributed by atoms with E-state index in [0.717, 1.165) is 5.56 Å². The molecule has 1 aromatic heterocycles. The topological polar surface area (TPSA) is 85.4 Å². The van der Waals surface area contributed by atoms with E-state index in [1.54, 1.807) is 62.8 Å². The molecule has 0 spiro atoms. The number of carbonyl (C=O) groups excluding carboxylic acids is 1.